The summed E-state index contributed by atoms with van der Waals surface area (Å²) in [5.74, 6) is 0.845. The van der Waals surface area contributed by atoms with E-state index in [1.807, 2.05) is 30.0 Å². The van der Waals surface area contributed by atoms with E-state index in [-0.39, 0.29) is 17.6 Å². The number of hydrogen-bond donors (Lipinski definition) is 0. The van der Waals surface area contributed by atoms with Crippen molar-refractivity contribution in [2.75, 3.05) is 13.1 Å². The van der Waals surface area contributed by atoms with Gasteiger partial charge in [-0.05, 0) is 38.2 Å². The first-order valence-electron chi connectivity index (χ1n) is 9.16. The molecule has 2 aliphatic rings. The number of benzene rings is 1. The fourth-order valence-electron chi connectivity index (χ4n) is 4.00. The molecule has 2 aliphatic heterocycles. The third-order valence-corrected chi connectivity index (χ3v) is 5.25. The summed E-state index contributed by atoms with van der Waals surface area (Å²) in [6, 6.07) is 7.73. The van der Waals surface area contributed by atoms with Crippen LogP contribution in [0.3, 0.4) is 0 Å². The number of fused-ring (bicyclic) bond motifs is 1. The minimum atomic E-state index is -0.374. The molecule has 1 amide bonds. The minimum absolute atomic E-state index is 0.0932. The van der Waals surface area contributed by atoms with Crippen molar-refractivity contribution in [3.8, 4) is 0 Å². The number of nitrogens with zero attached hydrogens (tertiary/aromatic N) is 4. The fraction of sp³-hybridized carbons (Fsp3) is 0.526. The number of hydrogen-bond acceptors (Lipinski definition) is 3. The highest BCUT2D eigenvalue weighted by molar-refractivity contribution is 5.80. The Hall–Kier alpha value is -2.37. The van der Waals surface area contributed by atoms with E-state index >= 15 is 0 Å². The average molecular weight is 340 g/mol. The molecule has 0 bridgehead atoms. The van der Waals surface area contributed by atoms with Crippen molar-refractivity contribution in [2.45, 2.75) is 51.6 Å². The molecular weight excluding hydrogens is 316 g/mol. The molecule has 1 aromatic heterocycles. The van der Waals surface area contributed by atoms with Gasteiger partial charge < -0.3 is 4.90 Å². The van der Waals surface area contributed by atoms with Crippen molar-refractivity contribution >= 4 is 5.91 Å². The van der Waals surface area contributed by atoms with Crippen molar-refractivity contribution in [2.24, 2.45) is 0 Å². The maximum atomic E-state index is 12.9. The second kappa shape index (κ2) is 6.50. The Morgan fingerprint density at radius 3 is 2.80 bits per heavy atom. The number of carbonyl (C=O) groups excluding carboxylic acids is 1. The van der Waals surface area contributed by atoms with Gasteiger partial charge in [-0.15, -0.1) is 0 Å². The SMILES string of the molecule is Cc1cccc(Cn2nc3n(c2=O)[C@@H](C(=O)N2CCCC2)CCC3)c1. The Morgan fingerprint density at radius 1 is 1.24 bits per heavy atom. The summed E-state index contributed by atoms with van der Waals surface area (Å²) in [6.45, 7) is 4.12. The van der Waals surface area contributed by atoms with Crippen molar-refractivity contribution in [3.05, 3.63) is 51.7 Å². The summed E-state index contributed by atoms with van der Waals surface area (Å²) in [7, 11) is 0. The molecule has 0 aliphatic carbocycles. The van der Waals surface area contributed by atoms with Gasteiger partial charge in [0.1, 0.15) is 11.9 Å². The van der Waals surface area contributed by atoms with Crippen LogP contribution in [0.4, 0.5) is 0 Å². The maximum absolute atomic E-state index is 12.9. The molecule has 0 saturated carbocycles. The quantitative estimate of drug-likeness (QED) is 0.857. The van der Waals surface area contributed by atoms with Gasteiger partial charge in [0.2, 0.25) is 5.91 Å². The van der Waals surface area contributed by atoms with Crippen LogP contribution in [0.5, 0.6) is 0 Å². The molecule has 0 radical (unpaired) electrons. The third kappa shape index (κ3) is 3.01. The first-order valence-corrected chi connectivity index (χ1v) is 9.16. The molecular formula is C19H24N4O2. The normalized spacial score (nSPS) is 19.9. The lowest BCUT2D eigenvalue weighted by atomic mass is 10.0. The van der Waals surface area contributed by atoms with Gasteiger partial charge in [-0.1, -0.05) is 29.8 Å². The Balaban J connectivity index is 1.65. The van der Waals surface area contributed by atoms with Gasteiger partial charge in [0.05, 0.1) is 6.54 Å². The molecule has 6 nitrogen and oxygen atoms in total. The van der Waals surface area contributed by atoms with E-state index in [2.05, 4.69) is 11.2 Å². The lowest BCUT2D eigenvalue weighted by molar-refractivity contribution is -0.134. The van der Waals surface area contributed by atoms with Crippen LogP contribution in [0.2, 0.25) is 0 Å². The highest BCUT2D eigenvalue weighted by Crippen LogP contribution is 2.25. The molecule has 25 heavy (non-hydrogen) atoms. The zero-order valence-electron chi connectivity index (χ0n) is 14.6. The average Bonchev–Trinajstić information content (AvgIpc) is 3.24. The van der Waals surface area contributed by atoms with E-state index in [4.69, 9.17) is 0 Å². The number of aromatic nitrogens is 3. The van der Waals surface area contributed by atoms with Crippen LogP contribution in [-0.2, 0) is 17.8 Å². The van der Waals surface area contributed by atoms with Crippen molar-refractivity contribution in [3.63, 3.8) is 0 Å². The largest absolute Gasteiger partial charge is 0.346 e. The van der Waals surface area contributed by atoms with Gasteiger partial charge in [0, 0.05) is 19.5 Å². The highest BCUT2D eigenvalue weighted by Gasteiger charge is 2.34. The minimum Gasteiger partial charge on any atom is -0.341 e. The summed E-state index contributed by atoms with van der Waals surface area (Å²) >= 11 is 0. The summed E-state index contributed by atoms with van der Waals surface area (Å²) in [5, 5.41) is 4.53. The molecule has 1 atom stereocenters. The zero-order valence-corrected chi connectivity index (χ0v) is 14.6. The summed E-state index contributed by atoms with van der Waals surface area (Å²) in [4.78, 5) is 27.7. The van der Waals surface area contributed by atoms with Crippen LogP contribution < -0.4 is 5.69 Å². The molecule has 0 unspecified atom stereocenters. The van der Waals surface area contributed by atoms with E-state index in [9.17, 15) is 9.59 Å². The smallest absolute Gasteiger partial charge is 0.341 e. The van der Waals surface area contributed by atoms with Gasteiger partial charge in [-0.25, -0.2) is 9.48 Å². The van der Waals surface area contributed by atoms with Crippen LogP contribution in [0.1, 0.15) is 48.7 Å². The number of aryl methyl sites for hydroxylation is 2. The van der Waals surface area contributed by atoms with Crippen LogP contribution in [-0.4, -0.2) is 38.2 Å². The molecule has 1 fully saturated rings. The summed E-state index contributed by atoms with van der Waals surface area (Å²) < 4.78 is 3.17. The lowest BCUT2D eigenvalue weighted by Crippen LogP contribution is -2.41. The van der Waals surface area contributed by atoms with Crippen LogP contribution in [0.25, 0.3) is 0 Å². The Bertz CT molecular complexity index is 845. The first kappa shape index (κ1) is 16.1. The van der Waals surface area contributed by atoms with Crippen LogP contribution in [0, 0.1) is 6.92 Å². The lowest BCUT2D eigenvalue weighted by Gasteiger charge is -2.27. The van der Waals surface area contributed by atoms with Crippen LogP contribution in [0.15, 0.2) is 29.1 Å². The summed E-state index contributed by atoms with van der Waals surface area (Å²) in [6.07, 6.45) is 4.53. The monoisotopic (exact) mass is 340 g/mol. The predicted molar refractivity (Wildman–Crippen MR) is 94.6 cm³/mol. The standard InChI is InChI=1S/C19H24N4O2/c1-14-6-4-7-15(12-14)13-22-19(25)23-16(8-5-9-17(23)20-22)18(24)21-10-2-3-11-21/h4,6-7,12,16H,2-3,5,8-11,13H2,1H3/t16-/m1/s1. The second-order valence-corrected chi connectivity index (χ2v) is 7.16. The highest BCUT2D eigenvalue weighted by atomic mass is 16.2. The van der Waals surface area contributed by atoms with E-state index in [1.165, 1.54) is 4.68 Å². The van der Waals surface area contributed by atoms with E-state index in [0.29, 0.717) is 6.54 Å². The molecule has 0 spiro atoms. The number of amides is 1. The third-order valence-electron chi connectivity index (χ3n) is 5.25. The Labute approximate surface area is 147 Å². The number of rotatable bonds is 3. The maximum Gasteiger partial charge on any atom is 0.346 e. The Kier molecular flexibility index (Phi) is 4.19. The fourth-order valence-corrected chi connectivity index (χ4v) is 4.00. The molecule has 6 heteroatoms. The molecule has 4 rings (SSSR count). The topological polar surface area (TPSA) is 60.1 Å². The van der Waals surface area contributed by atoms with Gasteiger partial charge in [-0.2, -0.15) is 5.10 Å². The molecule has 0 N–H and O–H groups in total. The zero-order chi connectivity index (χ0) is 17.4. The molecule has 3 heterocycles. The summed E-state index contributed by atoms with van der Waals surface area (Å²) in [5.41, 5.74) is 2.06. The van der Waals surface area contributed by atoms with Gasteiger partial charge in [0.15, 0.2) is 0 Å². The second-order valence-electron chi connectivity index (χ2n) is 7.16. The van der Waals surface area contributed by atoms with Crippen molar-refractivity contribution < 1.29 is 4.79 Å². The molecule has 132 valence electrons. The van der Waals surface area contributed by atoms with Gasteiger partial charge in [-0.3, -0.25) is 9.36 Å². The van der Waals surface area contributed by atoms with E-state index in [0.717, 1.165) is 62.1 Å². The number of carbonyl (C=O) groups is 1. The van der Waals surface area contributed by atoms with Gasteiger partial charge >= 0.3 is 5.69 Å². The Morgan fingerprint density at radius 2 is 2.04 bits per heavy atom. The molecule has 1 aromatic carbocycles. The van der Waals surface area contributed by atoms with Crippen molar-refractivity contribution in [1.29, 1.82) is 0 Å². The molecule has 2 aromatic rings. The van der Waals surface area contributed by atoms with Crippen LogP contribution >= 0.6 is 0 Å². The van der Waals surface area contributed by atoms with E-state index < -0.39 is 0 Å². The predicted octanol–water partition coefficient (Wildman–Crippen LogP) is 1.90. The molecule has 1 saturated heterocycles. The van der Waals surface area contributed by atoms with Gasteiger partial charge in [0.25, 0.3) is 0 Å². The van der Waals surface area contributed by atoms with Crippen molar-refractivity contribution in [1.82, 2.24) is 19.2 Å². The number of likely N-dealkylation sites (tertiary alicyclic amines) is 1. The van der Waals surface area contributed by atoms with E-state index in [1.54, 1.807) is 4.57 Å². The first-order chi connectivity index (χ1) is 12.1.